The molecule has 98 valence electrons. The Morgan fingerprint density at radius 3 is 3.00 bits per heavy atom. The van der Waals surface area contributed by atoms with E-state index in [0.29, 0.717) is 5.92 Å². The number of hydrogen-bond acceptors (Lipinski definition) is 2. The molecule has 0 spiro atoms. The zero-order valence-corrected chi connectivity index (χ0v) is 11.0. The molecule has 1 aliphatic carbocycles. The van der Waals surface area contributed by atoms with Gasteiger partial charge in [0, 0.05) is 34.1 Å². The number of hydrogen-bond donors (Lipinski definition) is 2. The molecule has 4 rings (SSSR count). The fraction of sp³-hybridized carbons (Fsp3) is 0.118. The van der Waals surface area contributed by atoms with Crippen molar-refractivity contribution in [3.8, 4) is 0 Å². The van der Waals surface area contributed by atoms with Crippen molar-refractivity contribution in [1.29, 1.82) is 0 Å². The molecule has 2 heterocycles. The van der Waals surface area contributed by atoms with Crippen molar-refractivity contribution in [2.24, 2.45) is 5.73 Å². The lowest BCUT2D eigenvalue weighted by molar-refractivity contribution is 0.848. The average molecular weight is 261 g/mol. The Morgan fingerprint density at radius 1 is 1.20 bits per heavy atom. The Balaban J connectivity index is 2.02. The summed E-state index contributed by atoms with van der Waals surface area (Å²) in [4.78, 5) is 7.86. The lowest BCUT2D eigenvalue weighted by Gasteiger charge is -2.16. The van der Waals surface area contributed by atoms with Crippen LogP contribution in [0.2, 0.25) is 0 Å². The molecule has 0 bridgehead atoms. The monoisotopic (exact) mass is 261 g/mol. The highest BCUT2D eigenvalue weighted by atomic mass is 14.8. The van der Waals surface area contributed by atoms with Gasteiger partial charge in [0.2, 0.25) is 0 Å². The van der Waals surface area contributed by atoms with Crippen LogP contribution in [0.25, 0.3) is 21.9 Å². The molecule has 20 heavy (non-hydrogen) atoms. The molecule has 1 aromatic carbocycles. The van der Waals surface area contributed by atoms with E-state index in [2.05, 4.69) is 46.4 Å². The summed E-state index contributed by atoms with van der Waals surface area (Å²) >= 11 is 0. The van der Waals surface area contributed by atoms with Crippen LogP contribution in [0.4, 0.5) is 0 Å². The van der Waals surface area contributed by atoms with E-state index in [4.69, 9.17) is 5.73 Å². The maximum Gasteiger partial charge on any atom is 0.138 e. The summed E-state index contributed by atoms with van der Waals surface area (Å²) in [5.41, 5.74) is 10.2. The normalized spacial score (nSPS) is 18.6. The van der Waals surface area contributed by atoms with Crippen LogP contribution >= 0.6 is 0 Å². The van der Waals surface area contributed by atoms with E-state index in [-0.39, 0.29) is 0 Å². The molecule has 0 saturated carbocycles. The number of benzene rings is 1. The highest BCUT2D eigenvalue weighted by Crippen LogP contribution is 2.34. The predicted octanol–water partition coefficient (Wildman–Crippen LogP) is 3.60. The molecule has 1 aliphatic rings. The first-order valence-electron chi connectivity index (χ1n) is 6.82. The zero-order chi connectivity index (χ0) is 13.5. The molecule has 0 aliphatic heterocycles. The van der Waals surface area contributed by atoms with Gasteiger partial charge in [-0.05, 0) is 30.2 Å². The topological polar surface area (TPSA) is 54.7 Å². The average Bonchev–Trinajstić information content (AvgIpc) is 2.85. The lowest BCUT2D eigenvalue weighted by atomic mass is 9.89. The van der Waals surface area contributed by atoms with Gasteiger partial charge < -0.3 is 10.7 Å². The zero-order valence-electron chi connectivity index (χ0n) is 11.0. The summed E-state index contributed by atoms with van der Waals surface area (Å²) in [6, 6.07) is 10.4. The van der Waals surface area contributed by atoms with Crippen molar-refractivity contribution in [3.63, 3.8) is 0 Å². The van der Waals surface area contributed by atoms with E-state index >= 15 is 0 Å². The number of aromatic amines is 1. The van der Waals surface area contributed by atoms with Gasteiger partial charge in [0.1, 0.15) is 5.65 Å². The number of nitrogens with one attached hydrogen (secondary N) is 1. The third-order valence-electron chi connectivity index (χ3n) is 3.93. The van der Waals surface area contributed by atoms with Gasteiger partial charge in [-0.25, -0.2) is 4.98 Å². The van der Waals surface area contributed by atoms with E-state index in [1.807, 2.05) is 18.3 Å². The molecule has 0 amide bonds. The van der Waals surface area contributed by atoms with Gasteiger partial charge in [-0.3, -0.25) is 0 Å². The van der Waals surface area contributed by atoms with E-state index in [9.17, 15) is 0 Å². The van der Waals surface area contributed by atoms with Crippen molar-refractivity contribution < 1.29 is 0 Å². The van der Waals surface area contributed by atoms with Gasteiger partial charge in [-0.2, -0.15) is 0 Å². The van der Waals surface area contributed by atoms with Crippen molar-refractivity contribution in [1.82, 2.24) is 9.97 Å². The third-order valence-corrected chi connectivity index (χ3v) is 3.93. The van der Waals surface area contributed by atoms with Crippen molar-refractivity contribution in [2.45, 2.75) is 12.3 Å². The Hall–Kier alpha value is -2.55. The second-order valence-electron chi connectivity index (χ2n) is 5.21. The number of aromatic nitrogens is 2. The molecular weight excluding hydrogens is 246 g/mol. The molecule has 3 heteroatoms. The number of pyridine rings is 1. The number of rotatable bonds is 1. The Labute approximate surface area is 116 Å². The second-order valence-corrected chi connectivity index (χ2v) is 5.21. The molecule has 3 nitrogen and oxygen atoms in total. The SMILES string of the molecule is NC1=CC(c2ccnc3[nH]c4ccccc4c23)CC=C1. The summed E-state index contributed by atoms with van der Waals surface area (Å²) in [6.07, 6.45) is 9.11. The number of nitrogens with two attached hydrogens (primary N) is 1. The molecule has 3 N–H and O–H groups in total. The summed E-state index contributed by atoms with van der Waals surface area (Å²) in [5, 5.41) is 2.44. The summed E-state index contributed by atoms with van der Waals surface area (Å²) in [7, 11) is 0. The first-order chi connectivity index (χ1) is 9.83. The molecule has 3 aromatic rings. The standard InChI is InChI=1S/C17H15N3/c18-12-5-3-4-11(10-12)13-8-9-19-17-16(13)14-6-1-2-7-15(14)20-17/h1-3,5-11H,4,18H2,(H,19,20). The quantitative estimate of drug-likeness (QED) is 0.703. The van der Waals surface area contributed by atoms with Crippen LogP contribution in [0.5, 0.6) is 0 Å². The highest BCUT2D eigenvalue weighted by Gasteiger charge is 2.17. The van der Waals surface area contributed by atoms with E-state index in [1.54, 1.807) is 0 Å². The maximum atomic E-state index is 5.95. The van der Waals surface area contributed by atoms with Crippen molar-refractivity contribution in [2.75, 3.05) is 0 Å². The number of para-hydroxylation sites is 1. The summed E-state index contributed by atoms with van der Waals surface area (Å²) in [5.74, 6) is 0.324. The Morgan fingerprint density at radius 2 is 2.10 bits per heavy atom. The van der Waals surface area contributed by atoms with E-state index < -0.39 is 0 Å². The van der Waals surface area contributed by atoms with Gasteiger partial charge in [-0.1, -0.05) is 30.4 Å². The number of allylic oxidation sites excluding steroid dienone is 3. The van der Waals surface area contributed by atoms with Crippen molar-refractivity contribution >= 4 is 21.9 Å². The minimum Gasteiger partial charge on any atom is -0.399 e. The molecule has 0 radical (unpaired) electrons. The van der Waals surface area contributed by atoms with Crippen LogP contribution in [-0.2, 0) is 0 Å². The van der Waals surface area contributed by atoms with Gasteiger partial charge in [0.25, 0.3) is 0 Å². The number of nitrogens with zero attached hydrogens (tertiary/aromatic N) is 1. The van der Waals surface area contributed by atoms with Gasteiger partial charge in [0.15, 0.2) is 0 Å². The number of fused-ring (bicyclic) bond motifs is 3. The molecule has 0 fully saturated rings. The molecular formula is C17H15N3. The van der Waals surface area contributed by atoms with Gasteiger partial charge in [-0.15, -0.1) is 0 Å². The lowest BCUT2D eigenvalue weighted by Crippen LogP contribution is -2.04. The predicted molar refractivity (Wildman–Crippen MR) is 82.4 cm³/mol. The fourth-order valence-electron chi connectivity index (χ4n) is 3.02. The minimum absolute atomic E-state index is 0.324. The summed E-state index contributed by atoms with van der Waals surface area (Å²) in [6.45, 7) is 0. The van der Waals surface area contributed by atoms with Crippen LogP contribution < -0.4 is 5.73 Å². The second kappa shape index (κ2) is 4.23. The van der Waals surface area contributed by atoms with Crippen LogP contribution in [0.3, 0.4) is 0 Å². The molecule has 0 saturated heterocycles. The maximum absolute atomic E-state index is 5.95. The van der Waals surface area contributed by atoms with Gasteiger partial charge >= 0.3 is 0 Å². The first-order valence-corrected chi connectivity index (χ1v) is 6.82. The Kier molecular flexibility index (Phi) is 2.39. The number of H-pyrrole nitrogens is 1. The molecule has 2 aromatic heterocycles. The van der Waals surface area contributed by atoms with E-state index in [1.165, 1.54) is 16.3 Å². The smallest absolute Gasteiger partial charge is 0.138 e. The van der Waals surface area contributed by atoms with E-state index in [0.717, 1.165) is 23.3 Å². The van der Waals surface area contributed by atoms with Crippen LogP contribution in [0, 0.1) is 0 Å². The first kappa shape index (κ1) is 11.3. The highest BCUT2D eigenvalue weighted by molar-refractivity contribution is 6.07. The van der Waals surface area contributed by atoms with Gasteiger partial charge in [0.05, 0.1) is 0 Å². The third kappa shape index (κ3) is 1.63. The van der Waals surface area contributed by atoms with Crippen LogP contribution in [0.15, 0.2) is 60.5 Å². The van der Waals surface area contributed by atoms with Crippen LogP contribution in [-0.4, -0.2) is 9.97 Å². The van der Waals surface area contributed by atoms with Crippen molar-refractivity contribution in [3.05, 3.63) is 66.0 Å². The Bertz CT molecular complexity index is 855. The van der Waals surface area contributed by atoms with Crippen LogP contribution in [0.1, 0.15) is 17.9 Å². The summed E-state index contributed by atoms with van der Waals surface area (Å²) < 4.78 is 0. The minimum atomic E-state index is 0.324. The largest absolute Gasteiger partial charge is 0.399 e. The molecule has 1 atom stereocenters. The molecule has 1 unspecified atom stereocenters. The fourth-order valence-corrected chi connectivity index (χ4v) is 3.02.